The Hall–Kier alpha value is -1.72. The van der Waals surface area contributed by atoms with E-state index in [1.807, 2.05) is 24.0 Å². The van der Waals surface area contributed by atoms with Crippen LogP contribution in [0.3, 0.4) is 0 Å². The first-order chi connectivity index (χ1) is 9.99. The van der Waals surface area contributed by atoms with Crippen molar-refractivity contribution >= 4 is 5.96 Å². The molecule has 116 valence electrons. The summed E-state index contributed by atoms with van der Waals surface area (Å²) in [6.07, 6.45) is -4.15. The fraction of sp³-hybridized carbons (Fsp3) is 0.533. The summed E-state index contributed by atoms with van der Waals surface area (Å²) in [4.78, 5) is 6.12. The van der Waals surface area contributed by atoms with Gasteiger partial charge in [0.1, 0.15) is 0 Å². The molecule has 0 bridgehead atoms. The second kappa shape index (κ2) is 6.83. The highest BCUT2D eigenvalue weighted by molar-refractivity contribution is 5.80. The van der Waals surface area contributed by atoms with Crippen LogP contribution < -0.4 is 5.32 Å². The van der Waals surface area contributed by atoms with Crippen LogP contribution in [0.1, 0.15) is 24.5 Å². The summed E-state index contributed by atoms with van der Waals surface area (Å²) in [5.41, 5.74) is 2.52. The Labute approximate surface area is 122 Å². The van der Waals surface area contributed by atoms with E-state index in [2.05, 4.69) is 22.4 Å². The van der Waals surface area contributed by atoms with E-state index in [1.165, 1.54) is 11.1 Å². The van der Waals surface area contributed by atoms with Crippen molar-refractivity contribution < 1.29 is 13.2 Å². The molecule has 0 saturated carbocycles. The first kappa shape index (κ1) is 15.7. The first-order valence-corrected chi connectivity index (χ1v) is 7.16. The lowest BCUT2D eigenvalue weighted by molar-refractivity contribution is -0.132. The van der Waals surface area contributed by atoms with Gasteiger partial charge in [-0.3, -0.25) is 4.99 Å². The van der Waals surface area contributed by atoms with Gasteiger partial charge in [0.15, 0.2) is 5.96 Å². The molecule has 0 spiro atoms. The smallest absolute Gasteiger partial charge is 0.357 e. The summed E-state index contributed by atoms with van der Waals surface area (Å²) in [6.45, 7) is 3.78. The maximum Gasteiger partial charge on any atom is 0.390 e. The molecular weight excluding hydrogens is 279 g/mol. The fourth-order valence-corrected chi connectivity index (χ4v) is 2.39. The van der Waals surface area contributed by atoms with Gasteiger partial charge in [-0.1, -0.05) is 24.3 Å². The minimum Gasteiger partial charge on any atom is -0.357 e. The number of fused-ring (bicyclic) bond motifs is 1. The van der Waals surface area contributed by atoms with E-state index < -0.39 is 12.6 Å². The van der Waals surface area contributed by atoms with Gasteiger partial charge in [-0.2, -0.15) is 13.2 Å². The Kier molecular flexibility index (Phi) is 5.09. The zero-order valence-electron chi connectivity index (χ0n) is 12.1. The van der Waals surface area contributed by atoms with Gasteiger partial charge >= 0.3 is 6.18 Å². The summed E-state index contributed by atoms with van der Waals surface area (Å²) in [5, 5.41) is 3.08. The lowest BCUT2D eigenvalue weighted by atomic mass is 10.0. The number of alkyl halides is 3. The van der Waals surface area contributed by atoms with Gasteiger partial charge in [-0.15, -0.1) is 0 Å². The SMILES string of the molecule is CCNC(=NCCC(F)(F)F)N1CCc2ccccc2C1. The third-order valence-corrected chi connectivity index (χ3v) is 3.42. The van der Waals surface area contributed by atoms with E-state index in [-0.39, 0.29) is 6.54 Å². The first-order valence-electron chi connectivity index (χ1n) is 7.16. The Balaban J connectivity index is 2.04. The molecule has 0 radical (unpaired) electrons. The second-order valence-electron chi connectivity index (χ2n) is 5.04. The van der Waals surface area contributed by atoms with E-state index in [9.17, 15) is 13.2 Å². The largest absolute Gasteiger partial charge is 0.390 e. The fourth-order valence-electron chi connectivity index (χ4n) is 2.39. The molecule has 0 atom stereocenters. The molecule has 1 aliphatic heterocycles. The van der Waals surface area contributed by atoms with Crippen molar-refractivity contribution in [2.45, 2.75) is 32.5 Å². The average Bonchev–Trinajstić information content (AvgIpc) is 2.44. The third kappa shape index (κ3) is 4.65. The third-order valence-electron chi connectivity index (χ3n) is 3.42. The lowest BCUT2D eigenvalue weighted by Crippen LogP contribution is -2.44. The average molecular weight is 299 g/mol. The van der Waals surface area contributed by atoms with Crippen molar-refractivity contribution in [1.29, 1.82) is 0 Å². The van der Waals surface area contributed by atoms with Crippen LogP contribution in [0.5, 0.6) is 0 Å². The van der Waals surface area contributed by atoms with Gasteiger partial charge in [-0.05, 0) is 24.5 Å². The number of halogens is 3. The zero-order chi connectivity index (χ0) is 15.3. The van der Waals surface area contributed by atoms with E-state index in [4.69, 9.17) is 0 Å². The van der Waals surface area contributed by atoms with Crippen LogP contribution >= 0.6 is 0 Å². The number of benzene rings is 1. The highest BCUT2D eigenvalue weighted by atomic mass is 19.4. The van der Waals surface area contributed by atoms with Crippen LogP contribution in [0.2, 0.25) is 0 Å². The van der Waals surface area contributed by atoms with E-state index in [1.54, 1.807) is 0 Å². The van der Waals surface area contributed by atoms with Crippen LogP contribution in [-0.2, 0) is 13.0 Å². The maximum absolute atomic E-state index is 12.2. The predicted octanol–water partition coefficient (Wildman–Crippen LogP) is 2.96. The predicted molar refractivity (Wildman–Crippen MR) is 77.2 cm³/mol. The Morgan fingerprint density at radius 2 is 2.00 bits per heavy atom. The molecule has 0 aliphatic carbocycles. The molecule has 0 unspecified atom stereocenters. The van der Waals surface area contributed by atoms with E-state index >= 15 is 0 Å². The van der Waals surface area contributed by atoms with Crippen molar-refractivity contribution in [3.05, 3.63) is 35.4 Å². The molecule has 1 N–H and O–H groups in total. The standard InChI is InChI=1S/C15H20F3N3/c1-2-19-14(20-9-8-15(16,17)18)21-10-7-12-5-3-4-6-13(12)11-21/h3-6H,2,7-11H2,1H3,(H,19,20). The van der Waals surface area contributed by atoms with E-state index in [0.29, 0.717) is 19.0 Å². The highest BCUT2D eigenvalue weighted by Crippen LogP contribution is 2.20. The Morgan fingerprint density at radius 3 is 2.67 bits per heavy atom. The van der Waals surface area contributed by atoms with Gasteiger partial charge in [0.2, 0.25) is 0 Å². The quantitative estimate of drug-likeness (QED) is 0.686. The molecule has 0 aromatic heterocycles. The summed E-state index contributed by atoms with van der Waals surface area (Å²) < 4.78 is 36.7. The van der Waals surface area contributed by atoms with Crippen molar-refractivity contribution in [3.8, 4) is 0 Å². The topological polar surface area (TPSA) is 27.6 Å². The van der Waals surface area contributed by atoms with Crippen LogP contribution in [0.15, 0.2) is 29.3 Å². The number of guanidine groups is 1. The molecule has 1 aliphatic rings. The molecule has 0 fully saturated rings. The minimum atomic E-state index is -4.16. The molecule has 0 saturated heterocycles. The minimum absolute atomic E-state index is 0.232. The molecule has 0 amide bonds. The molecule has 6 heteroatoms. The van der Waals surface area contributed by atoms with Crippen molar-refractivity contribution in [1.82, 2.24) is 10.2 Å². The van der Waals surface area contributed by atoms with Crippen LogP contribution in [0, 0.1) is 0 Å². The molecule has 1 aromatic carbocycles. The molecule has 21 heavy (non-hydrogen) atoms. The maximum atomic E-state index is 12.2. The van der Waals surface area contributed by atoms with Crippen LogP contribution in [0.25, 0.3) is 0 Å². The Morgan fingerprint density at radius 1 is 1.29 bits per heavy atom. The lowest BCUT2D eigenvalue weighted by Gasteiger charge is -2.31. The van der Waals surface area contributed by atoms with Gasteiger partial charge in [0.05, 0.1) is 13.0 Å². The van der Waals surface area contributed by atoms with E-state index in [0.717, 1.165) is 13.0 Å². The number of rotatable bonds is 3. The summed E-state index contributed by atoms with van der Waals surface area (Å²) in [7, 11) is 0. The number of hydrogen-bond donors (Lipinski definition) is 1. The Bertz CT molecular complexity index is 497. The molecular formula is C15H20F3N3. The summed E-state index contributed by atoms with van der Waals surface area (Å²) in [5.74, 6) is 0.566. The summed E-state index contributed by atoms with van der Waals surface area (Å²) in [6, 6.07) is 8.15. The van der Waals surface area contributed by atoms with Gasteiger partial charge < -0.3 is 10.2 Å². The number of nitrogens with one attached hydrogen (secondary N) is 1. The molecule has 1 aromatic rings. The molecule has 3 nitrogen and oxygen atoms in total. The molecule has 1 heterocycles. The number of aliphatic imine (C=N–C) groups is 1. The van der Waals surface area contributed by atoms with Crippen molar-refractivity contribution in [3.63, 3.8) is 0 Å². The van der Waals surface area contributed by atoms with Crippen LogP contribution in [-0.4, -0.2) is 36.7 Å². The summed E-state index contributed by atoms with van der Waals surface area (Å²) >= 11 is 0. The van der Waals surface area contributed by atoms with Gasteiger partial charge in [-0.25, -0.2) is 0 Å². The van der Waals surface area contributed by atoms with Crippen molar-refractivity contribution in [2.24, 2.45) is 4.99 Å². The zero-order valence-corrected chi connectivity index (χ0v) is 12.1. The normalized spacial score (nSPS) is 15.8. The molecule has 2 rings (SSSR count). The van der Waals surface area contributed by atoms with Crippen LogP contribution in [0.4, 0.5) is 13.2 Å². The van der Waals surface area contributed by atoms with Gasteiger partial charge in [0, 0.05) is 19.6 Å². The van der Waals surface area contributed by atoms with Crippen molar-refractivity contribution in [2.75, 3.05) is 19.6 Å². The number of nitrogens with zero attached hydrogens (tertiary/aromatic N) is 2. The highest BCUT2D eigenvalue weighted by Gasteiger charge is 2.26. The second-order valence-corrected chi connectivity index (χ2v) is 5.04. The number of hydrogen-bond acceptors (Lipinski definition) is 1. The van der Waals surface area contributed by atoms with Gasteiger partial charge in [0.25, 0.3) is 0 Å². The monoisotopic (exact) mass is 299 g/mol.